The van der Waals surface area contributed by atoms with Gasteiger partial charge >= 0.3 is 0 Å². The summed E-state index contributed by atoms with van der Waals surface area (Å²) in [5.41, 5.74) is 3.28. The van der Waals surface area contributed by atoms with Crippen molar-refractivity contribution in [2.75, 3.05) is 13.2 Å². The standard InChI is InChI=1S/C17H18ClN3O4/c18-9-5-10-16(20-13(9)8-3-1-2-4-8)21-17(19-10)25-12-7-24-14-11(22)6-23-15(12)14/h3,5,11-12,14-15,22H,1-2,4,6-7H2,(H,19,20,21)/t11-,12-,14-,15-/m1/s1. The number of imidazole rings is 1. The van der Waals surface area contributed by atoms with E-state index in [9.17, 15) is 5.11 Å². The van der Waals surface area contributed by atoms with E-state index in [0.29, 0.717) is 23.3 Å². The molecule has 4 heterocycles. The number of aliphatic hydroxyl groups is 1. The largest absolute Gasteiger partial charge is 0.456 e. The van der Waals surface area contributed by atoms with Gasteiger partial charge in [-0.1, -0.05) is 17.7 Å². The third kappa shape index (κ3) is 2.62. The highest BCUT2D eigenvalue weighted by Gasteiger charge is 2.48. The molecule has 2 aromatic rings. The average Bonchev–Trinajstić information content (AvgIpc) is 3.34. The second kappa shape index (κ2) is 5.95. The number of nitrogens with zero attached hydrogens (tertiary/aromatic N) is 2. The number of halogens is 1. The molecule has 132 valence electrons. The molecule has 0 radical (unpaired) electrons. The molecular formula is C17H18ClN3O4. The second-order valence-corrected chi connectivity index (χ2v) is 7.08. The zero-order valence-corrected chi connectivity index (χ0v) is 14.2. The summed E-state index contributed by atoms with van der Waals surface area (Å²) < 4.78 is 17.0. The fourth-order valence-corrected chi connectivity index (χ4v) is 4.02. The highest BCUT2D eigenvalue weighted by Crippen LogP contribution is 2.33. The van der Waals surface area contributed by atoms with E-state index in [1.807, 2.05) is 6.07 Å². The second-order valence-electron chi connectivity index (χ2n) is 6.67. The quantitative estimate of drug-likeness (QED) is 0.867. The van der Waals surface area contributed by atoms with Crippen molar-refractivity contribution in [3.8, 4) is 6.01 Å². The number of fused-ring (bicyclic) bond motifs is 2. The minimum atomic E-state index is -0.600. The van der Waals surface area contributed by atoms with Crippen molar-refractivity contribution in [2.24, 2.45) is 0 Å². The number of nitrogens with one attached hydrogen (secondary N) is 1. The van der Waals surface area contributed by atoms with Gasteiger partial charge in [-0.15, -0.1) is 0 Å². The summed E-state index contributed by atoms with van der Waals surface area (Å²) in [7, 11) is 0. The first-order valence-electron chi connectivity index (χ1n) is 8.52. The summed E-state index contributed by atoms with van der Waals surface area (Å²) in [6.45, 7) is 0.626. The molecule has 2 saturated heterocycles. The molecule has 0 amide bonds. The van der Waals surface area contributed by atoms with Crippen molar-refractivity contribution in [3.05, 3.63) is 22.9 Å². The van der Waals surface area contributed by atoms with Crippen molar-refractivity contribution in [3.63, 3.8) is 0 Å². The third-order valence-electron chi connectivity index (χ3n) is 4.99. The van der Waals surface area contributed by atoms with Crippen molar-refractivity contribution in [1.82, 2.24) is 15.0 Å². The zero-order chi connectivity index (χ0) is 17.0. The number of ether oxygens (including phenoxy) is 3. The first kappa shape index (κ1) is 15.6. The van der Waals surface area contributed by atoms with Crippen molar-refractivity contribution >= 4 is 28.3 Å². The summed E-state index contributed by atoms with van der Waals surface area (Å²) in [4.78, 5) is 12.1. The molecule has 2 aliphatic heterocycles. The van der Waals surface area contributed by atoms with E-state index in [1.54, 1.807) is 0 Å². The van der Waals surface area contributed by atoms with Gasteiger partial charge < -0.3 is 24.3 Å². The minimum Gasteiger partial charge on any atom is -0.456 e. The predicted octanol–water partition coefficient (Wildman–Crippen LogP) is 2.08. The van der Waals surface area contributed by atoms with Crippen molar-refractivity contribution in [2.45, 2.75) is 43.7 Å². The highest BCUT2D eigenvalue weighted by atomic mass is 35.5. The summed E-state index contributed by atoms with van der Waals surface area (Å²) in [6.07, 6.45) is 3.86. The predicted molar refractivity (Wildman–Crippen MR) is 90.6 cm³/mol. The highest BCUT2D eigenvalue weighted by molar-refractivity contribution is 6.32. The lowest BCUT2D eigenvalue weighted by Gasteiger charge is -2.15. The number of aliphatic hydroxyl groups excluding tert-OH is 1. The lowest BCUT2D eigenvalue weighted by molar-refractivity contribution is 0.00706. The molecule has 25 heavy (non-hydrogen) atoms. The van der Waals surface area contributed by atoms with Crippen LogP contribution in [0.3, 0.4) is 0 Å². The Kier molecular flexibility index (Phi) is 3.71. The molecule has 8 heteroatoms. The van der Waals surface area contributed by atoms with Gasteiger partial charge in [-0.3, -0.25) is 0 Å². The molecular weight excluding hydrogens is 346 g/mol. The molecule has 0 saturated carbocycles. The van der Waals surface area contributed by atoms with Gasteiger partial charge in [0.1, 0.15) is 18.3 Å². The fourth-order valence-electron chi connectivity index (χ4n) is 3.75. The van der Waals surface area contributed by atoms with E-state index in [4.69, 9.17) is 25.8 Å². The van der Waals surface area contributed by atoms with Crippen LogP contribution < -0.4 is 4.74 Å². The zero-order valence-electron chi connectivity index (χ0n) is 13.4. The topological polar surface area (TPSA) is 89.5 Å². The fraction of sp³-hybridized carbons (Fsp3) is 0.529. The lowest BCUT2D eigenvalue weighted by atomic mass is 10.1. The van der Waals surface area contributed by atoms with Gasteiger partial charge in [0.25, 0.3) is 6.01 Å². The number of rotatable bonds is 3. The van der Waals surface area contributed by atoms with Crippen LogP contribution in [0.4, 0.5) is 0 Å². The van der Waals surface area contributed by atoms with E-state index in [2.05, 4.69) is 21.0 Å². The summed E-state index contributed by atoms with van der Waals surface area (Å²) in [6, 6.07) is 2.19. The Labute approximate surface area is 149 Å². The van der Waals surface area contributed by atoms with Crippen LogP contribution in [0.2, 0.25) is 5.02 Å². The molecule has 4 atom stereocenters. The molecule has 0 aromatic carbocycles. The van der Waals surface area contributed by atoms with Gasteiger partial charge in [0, 0.05) is 0 Å². The Morgan fingerprint density at radius 3 is 2.96 bits per heavy atom. The van der Waals surface area contributed by atoms with Crippen LogP contribution in [-0.4, -0.2) is 57.7 Å². The summed E-state index contributed by atoms with van der Waals surface area (Å²) in [5, 5.41) is 10.4. The van der Waals surface area contributed by atoms with Crippen LogP contribution in [0.1, 0.15) is 25.0 Å². The van der Waals surface area contributed by atoms with Crippen molar-refractivity contribution < 1.29 is 19.3 Å². The third-order valence-corrected chi connectivity index (χ3v) is 5.28. The van der Waals surface area contributed by atoms with E-state index < -0.39 is 6.10 Å². The maximum atomic E-state index is 9.80. The number of allylic oxidation sites excluding steroid dienone is 2. The van der Waals surface area contributed by atoms with Crippen LogP contribution in [-0.2, 0) is 9.47 Å². The minimum absolute atomic E-state index is 0.269. The van der Waals surface area contributed by atoms with Gasteiger partial charge in [-0.05, 0) is 30.9 Å². The van der Waals surface area contributed by atoms with E-state index in [1.165, 1.54) is 5.57 Å². The molecule has 2 fully saturated rings. The first-order valence-corrected chi connectivity index (χ1v) is 8.90. The van der Waals surface area contributed by atoms with Gasteiger partial charge in [-0.25, -0.2) is 4.98 Å². The molecule has 0 bridgehead atoms. The first-order chi connectivity index (χ1) is 12.2. The normalized spacial score (nSPS) is 31.5. The van der Waals surface area contributed by atoms with Gasteiger partial charge in [0.05, 0.1) is 29.4 Å². The van der Waals surface area contributed by atoms with Gasteiger partial charge in [0.2, 0.25) is 0 Å². The molecule has 3 aliphatic rings. The smallest absolute Gasteiger partial charge is 0.296 e. The van der Waals surface area contributed by atoms with Gasteiger partial charge in [0.15, 0.2) is 11.8 Å². The van der Waals surface area contributed by atoms with E-state index >= 15 is 0 Å². The maximum absolute atomic E-state index is 9.80. The maximum Gasteiger partial charge on any atom is 0.296 e. The number of hydrogen-bond donors (Lipinski definition) is 2. The molecule has 2 N–H and O–H groups in total. The van der Waals surface area contributed by atoms with Crippen LogP contribution in [0.15, 0.2) is 12.1 Å². The molecule has 5 rings (SSSR count). The Balaban J connectivity index is 1.41. The monoisotopic (exact) mass is 363 g/mol. The summed E-state index contributed by atoms with van der Waals surface area (Å²) >= 11 is 6.39. The van der Waals surface area contributed by atoms with Crippen LogP contribution >= 0.6 is 11.6 Å². The van der Waals surface area contributed by atoms with E-state index in [0.717, 1.165) is 30.5 Å². The van der Waals surface area contributed by atoms with Crippen LogP contribution in [0, 0.1) is 0 Å². The van der Waals surface area contributed by atoms with E-state index in [-0.39, 0.29) is 24.9 Å². The van der Waals surface area contributed by atoms with Crippen LogP contribution in [0.25, 0.3) is 16.7 Å². The van der Waals surface area contributed by atoms with Crippen molar-refractivity contribution in [1.29, 1.82) is 0 Å². The SMILES string of the molecule is O[C@@H]1CO[C@H]2[C@@H]1OC[C@H]2Oc1nc2nc(C3=CCCC3)c(Cl)cc2[nH]1. The Morgan fingerprint density at radius 1 is 1.24 bits per heavy atom. The Bertz CT molecular complexity index is 852. The average molecular weight is 364 g/mol. The summed E-state index contributed by atoms with van der Waals surface area (Å²) in [5.74, 6) is 0. The Morgan fingerprint density at radius 2 is 2.12 bits per heavy atom. The lowest BCUT2D eigenvalue weighted by Crippen LogP contribution is -2.34. The Hall–Kier alpha value is -1.67. The number of aromatic nitrogens is 3. The number of aromatic amines is 1. The number of pyridine rings is 1. The van der Waals surface area contributed by atoms with Gasteiger partial charge in [-0.2, -0.15) is 4.98 Å². The molecule has 7 nitrogen and oxygen atoms in total. The van der Waals surface area contributed by atoms with Crippen LogP contribution in [0.5, 0.6) is 6.01 Å². The molecule has 1 aliphatic carbocycles. The molecule has 0 spiro atoms. The molecule has 0 unspecified atom stereocenters. The number of hydrogen-bond acceptors (Lipinski definition) is 6. The number of H-pyrrole nitrogens is 1. The molecule has 2 aromatic heterocycles.